The van der Waals surface area contributed by atoms with Gasteiger partial charge in [0.2, 0.25) is 0 Å². The number of nitrogens with one attached hydrogen (secondary N) is 1. The monoisotopic (exact) mass is 231 g/mol. The van der Waals surface area contributed by atoms with Gasteiger partial charge in [-0.05, 0) is 25.8 Å². The minimum Gasteiger partial charge on any atom is -0.379 e. The third-order valence-corrected chi connectivity index (χ3v) is 2.48. The molecule has 3 heteroatoms. The molecule has 1 N–H and O–H groups in total. The van der Waals surface area contributed by atoms with Gasteiger partial charge in [-0.3, -0.25) is 0 Å². The minimum atomic E-state index is 0.335. The van der Waals surface area contributed by atoms with E-state index < -0.39 is 0 Å². The third kappa shape index (κ3) is 10.4. The maximum atomic E-state index is 5.73. The molecule has 0 aromatic heterocycles. The molecule has 0 aliphatic rings. The number of ether oxygens (including phenoxy) is 2. The van der Waals surface area contributed by atoms with Gasteiger partial charge in [-0.15, -0.1) is 0 Å². The fourth-order valence-corrected chi connectivity index (χ4v) is 1.38. The van der Waals surface area contributed by atoms with Crippen LogP contribution in [-0.4, -0.2) is 39.0 Å². The molecule has 0 spiro atoms. The smallest absolute Gasteiger partial charge is 0.0704 e. The minimum absolute atomic E-state index is 0.335. The van der Waals surface area contributed by atoms with Crippen molar-refractivity contribution >= 4 is 0 Å². The molecule has 0 aliphatic heterocycles. The van der Waals surface area contributed by atoms with Crippen LogP contribution in [0.5, 0.6) is 0 Å². The summed E-state index contributed by atoms with van der Waals surface area (Å²) in [6, 6.07) is 0. The Morgan fingerprint density at radius 3 is 2.44 bits per heavy atom. The van der Waals surface area contributed by atoms with E-state index in [2.05, 4.69) is 26.1 Å². The van der Waals surface area contributed by atoms with Gasteiger partial charge in [0, 0.05) is 13.2 Å². The summed E-state index contributed by atoms with van der Waals surface area (Å²) in [7, 11) is 0. The lowest BCUT2D eigenvalue weighted by Crippen LogP contribution is -2.30. The summed E-state index contributed by atoms with van der Waals surface area (Å²) >= 11 is 0. The van der Waals surface area contributed by atoms with Crippen molar-refractivity contribution < 1.29 is 9.47 Å². The number of rotatable bonds is 12. The molecular weight excluding hydrogens is 202 g/mol. The highest BCUT2D eigenvalue weighted by atomic mass is 16.5. The van der Waals surface area contributed by atoms with Crippen LogP contribution in [0.1, 0.15) is 46.5 Å². The molecule has 98 valence electrons. The van der Waals surface area contributed by atoms with E-state index >= 15 is 0 Å². The fraction of sp³-hybridized carbons (Fsp3) is 1.00. The van der Waals surface area contributed by atoms with Crippen LogP contribution in [-0.2, 0) is 9.47 Å². The average molecular weight is 231 g/mol. The van der Waals surface area contributed by atoms with Crippen molar-refractivity contribution in [2.75, 3.05) is 32.9 Å². The highest BCUT2D eigenvalue weighted by Gasteiger charge is 2.04. The molecule has 3 nitrogen and oxygen atoms in total. The SMILES string of the molecule is CCCCOCCOC(CC)CNCCC. The Morgan fingerprint density at radius 1 is 1.00 bits per heavy atom. The second kappa shape index (κ2) is 12.9. The molecule has 0 saturated carbocycles. The molecule has 1 unspecified atom stereocenters. The van der Waals surface area contributed by atoms with Gasteiger partial charge in [-0.2, -0.15) is 0 Å². The van der Waals surface area contributed by atoms with Gasteiger partial charge in [-0.1, -0.05) is 27.2 Å². The summed E-state index contributed by atoms with van der Waals surface area (Å²) in [4.78, 5) is 0. The second-order valence-corrected chi connectivity index (χ2v) is 4.07. The Kier molecular flexibility index (Phi) is 12.9. The van der Waals surface area contributed by atoms with Gasteiger partial charge in [0.15, 0.2) is 0 Å². The van der Waals surface area contributed by atoms with E-state index in [1.165, 1.54) is 12.8 Å². The zero-order valence-electron chi connectivity index (χ0n) is 11.3. The highest BCUT2D eigenvalue weighted by Crippen LogP contribution is 1.97. The normalized spacial score (nSPS) is 12.9. The third-order valence-electron chi connectivity index (χ3n) is 2.48. The van der Waals surface area contributed by atoms with Gasteiger partial charge >= 0.3 is 0 Å². The van der Waals surface area contributed by atoms with E-state index in [1.54, 1.807) is 0 Å². The van der Waals surface area contributed by atoms with Crippen molar-refractivity contribution in [1.29, 1.82) is 0 Å². The van der Waals surface area contributed by atoms with Gasteiger partial charge in [0.25, 0.3) is 0 Å². The molecule has 16 heavy (non-hydrogen) atoms. The van der Waals surface area contributed by atoms with E-state index in [9.17, 15) is 0 Å². The van der Waals surface area contributed by atoms with Gasteiger partial charge in [0.1, 0.15) is 0 Å². The topological polar surface area (TPSA) is 30.5 Å². The summed E-state index contributed by atoms with van der Waals surface area (Å²) in [6.45, 7) is 10.9. The molecular formula is C13H29NO2. The quantitative estimate of drug-likeness (QED) is 0.524. The van der Waals surface area contributed by atoms with Gasteiger partial charge < -0.3 is 14.8 Å². The number of hydrogen-bond donors (Lipinski definition) is 1. The van der Waals surface area contributed by atoms with Crippen molar-refractivity contribution in [2.45, 2.75) is 52.6 Å². The first-order valence-corrected chi connectivity index (χ1v) is 6.75. The van der Waals surface area contributed by atoms with Crippen molar-refractivity contribution in [3.8, 4) is 0 Å². The lowest BCUT2D eigenvalue weighted by atomic mass is 10.2. The predicted octanol–water partition coefficient (Wildman–Crippen LogP) is 2.60. The summed E-state index contributed by atoms with van der Waals surface area (Å²) in [6.07, 6.45) is 4.91. The summed E-state index contributed by atoms with van der Waals surface area (Å²) in [5.41, 5.74) is 0. The predicted molar refractivity (Wildman–Crippen MR) is 68.9 cm³/mol. The summed E-state index contributed by atoms with van der Waals surface area (Å²) < 4.78 is 11.2. The molecule has 0 amide bonds. The molecule has 0 fully saturated rings. The standard InChI is InChI=1S/C13H29NO2/c1-4-7-9-15-10-11-16-13(6-3)12-14-8-5-2/h13-14H,4-12H2,1-3H3. The first kappa shape index (κ1) is 15.9. The van der Waals surface area contributed by atoms with Crippen LogP contribution in [0.4, 0.5) is 0 Å². The highest BCUT2D eigenvalue weighted by molar-refractivity contribution is 4.59. The second-order valence-electron chi connectivity index (χ2n) is 4.07. The van der Waals surface area contributed by atoms with Gasteiger partial charge in [-0.25, -0.2) is 0 Å². The summed E-state index contributed by atoms with van der Waals surface area (Å²) in [5, 5.41) is 3.38. The Balaban J connectivity index is 3.26. The molecule has 0 radical (unpaired) electrons. The maximum Gasteiger partial charge on any atom is 0.0704 e. The lowest BCUT2D eigenvalue weighted by molar-refractivity contribution is 0.00340. The zero-order valence-corrected chi connectivity index (χ0v) is 11.3. The molecule has 0 saturated heterocycles. The molecule has 1 atom stereocenters. The van der Waals surface area contributed by atoms with Crippen molar-refractivity contribution in [3.05, 3.63) is 0 Å². The molecule has 0 aliphatic carbocycles. The van der Waals surface area contributed by atoms with Crippen molar-refractivity contribution in [3.63, 3.8) is 0 Å². The van der Waals surface area contributed by atoms with Crippen LogP contribution >= 0.6 is 0 Å². The van der Waals surface area contributed by atoms with Crippen molar-refractivity contribution in [2.24, 2.45) is 0 Å². The lowest BCUT2D eigenvalue weighted by Gasteiger charge is -2.16. The van der Waals surface area contributed by atoms with Crippen LogP contribution in [0, 0.1) is 0 Å². The zero-order chi connectivity index (χ0) is 12.1. The molecule has 0 aromatic carbocycles. The van der Waals surface area contributed by atoms with Crippen LogP contribution in [0.15, 0.2) is 0 Å². The Bertz CT molecular complexity index is 131. The average Bonchev–Trinajstić information content (AvgIpc) is 2.31. The van der Waals surface area contributed by atoms with Gasteiger partial charge in [0.05, 0.1) is 19.3 Å². The van der Waals surface area contributed by atoms with E-state index in [1.807, 2.05) is 0 Å². The van der Waals surface area contributed by atoms with Crippen LogP contribution in [0.2, 0.25) is 0 Å². The Hall–Kier alpha value is -0.120. The van der Waals surface area contributed by atoms with E-state index in [0.29, 0.717) is 6.10 Å². The summed E-state index contributed by atoms with van der Waals surface area (Å²) in [5.74, 6) is 0. The molecule has 0 bridgehead atoms. The van der Waals surface area contributed by atoms with Crippen molar-refractivity contribution in [1.82, 2.24) is 5.32 Å². The van der Waals surface area contributed by atoms with E-state index in [-0.39, 0.29) is 0 Å². The molecule has 0 aromatic rings. The first-order valence-electron chi connectivity index (χ1n) is 6.75. The number of hydrogen-bond acceptors (Lipinski definition) is 3. The molecule has 0 rings (SSSR count). The fourth-order valence-electron chi connectivity index (χ4n) is 1.38. The van der Waals surface area contributed by atoms with E-state index in [0.717, 1.165) is 45.8 Å². The number of unbranched alkanes of at least 4 members (excludes halogenated alkanes) is 1. The first-order chi connectivity index (χ1) is 7.85. The van der Waals surface area contributed by atoms with E-state index in [4.69, 9.17) is 9.47 Å². The maximum absolute atomic E-state index is 5.73. The Morgan fingerprint density at radius 2 is 1.81 bits per heavy atom. The largest absolute Gasteiger partial charge is 0.379 e. The van der Waals surface area contributed by atoms with Crippen LogP contribution in [0.3, 0.4) is 0 Å². The van der Waals surface area contributed by atoms with Crippen LogP contribution in [0.25, 0.3) is 0 Å². The Labute approximate surface area is 101 Å². The molecule has 0 heterocycles. The van der Waals surface area contributed by atoms with Crippen LogP contribution < -0.4 is 5.32 Å².